The molecule has 1 atom stereocenters. The molecule has 1 N–H and O–H groups in total. The molecule has 5 rings (SSSR count). The SMILES string of the molecule is CC1=C(c2ccccc2)C(CC(=O)[C@H]2CC[C@H](C(=O)Nc3ccc(F)cc3F)CC2)n2cncc21. The number of imidazole rings is 1. The van der Waals surface area contributed by atoms with E-state index in [4.69, 9.17) is 0 Å². The maximum Gasteiger partial charge on any atom is 0.227 e. The summed E-state index contributed by atoms with van der Waals surface area (Å²) in [7, 11) is 0. The average molecular weight is 476 g/mol. The largest absolute Gasteiger partial charge is 0.323 e. The van der Waals surface area contributed by atoms with Crippen molar-refractivity contribution in [1.82, 2.24) is 9.55 Å². The van der Waals surface area contributed by atoms with Crippen molar-refractivity contribution in [3.8, 4) is 0 Å². The van der Waals surface area contributed by atoms with Crippen LogP contribution in [-0.2, 0) is 9.59 Å². The number of carbonyl (C=O) groups excluding carboxylic acids is 2. The van der Waals surface area contributed by atoms with Crippen molar-refractivity contribution in [2.75, 3.05) is 5.32 Å². The van der Waals surface area contributed by atoms with Crippen LogP contribution in [0.1, 0.15) is 56.3 Å². The molecule has 3 aromatic rings. The zero-order valence-corrected chi connectivity index (χ0v) is 19.5. The summed E-state index contributed by atoms with van der Waals surface area (Å²) in [6.07, 6.45) is 6.39. The van der Waals surface area contributed by atoms with E-state index >= 15 is 0 Å². The molecule has 2 aromatic carbocycles. The van der Waals surface area contributed by atoms with Crippen molar-refractivity contribution in [2.24, 2.45) is 11.8 Å². The van der Waals surface area contributed by atoms with Crippen LogP contribution in [-0.4, -0.2) is 21.2 Å². The number of hydrogen-bond acceptors (Lipinski definition) is 3. The fraction of sp³-hybridized carbons (Fsp3) is 0.321. The van der Waals surface area contributed by atoms with Crippen LogP contribution in [0.5, 0.6) is 0 Å². The van der Waals surface area contributed by atoms with Crippen molar-refractivity contribution in [2.45, 2.75) is 45.1 Å². The fourth-order valence-corrected chi connectivity index (χ4v) is 5.46. The molecule has 35 heavy (non-hydrogen) atoms. The van der Waals surface area contributed by atoms with Gasteiger partial charge < -0.3 is 9.88 Å². The average Bonchev–Trinajstić information content (AvgIpc) is 3.44. The van der Waals surface area contributed by atoms with Crippen LogP contribution in [0.15, 0.2) is 61.1 Å². The van der Waals surface area contributed by atoms with Crippen molar-refractivity contribution < 1.29 is 18.4 Å². The van der Waals surface area contributed by atoms with Crippen molar-refractivity contribution >= 4 is 28.5 Å². The zero-order valence-electron chi connectivity index (χ0n) is 19.5. The van der Waals surface area contributed by atoms with Crippen LogP contribution in [0.25, 0.3) is 11.1 Å². The summed E-state index contributed by atoms with van der Waals surface area (Å²) in [6.45, 7) is 2.08. The molecule has 1 unspecified atom stereocenters. The highest BCUT2D eigenvalue weighted by Gasteiger charge is 2.35. The predicted molar refractivity (Wildman–Crippen MR) is 130 cm³/mol. The van der Waals surface area contributed by atoms with Gasteiger partial charge in [0.15, 0.2) is 0 Å². The molecule has 1 aliphatic carbocycles. The highest BCUT2D eigenvalue weighted by molar-refractivity contribution is 5.96. The molecular formula is C28H27F2N3O2. The van der Waals surface area contributed by atoms with Gasteiger partial charge in [-0.05, 0) is 61.4 Å². The molecule has 1 saturated carbocycles. The van der Waals surface area contributed by atoms with Gasteiger partial charge in [0, 0.05) is 24.3 Å². The second-order valence-electron chi connectivity index (χ2n) is 9.44. The number of anilines is 1. The molecule has 0 spiro atoms. The van der Waals surface area contributed by atoms with E-state index in [0.29, 0.717) is 32.1 Å². The van der Waals surface area contributed by atoms with E-state index in [1.54, 1.807) is 6.33 Å². The number of amides is 1. The van der Waals surface area contributed by atoms with Gasteiger partial charge in [0.2, 0.25) is 5.91 Å². The van der Waals surface area contributed by atoms with E-state index in [1.807, 2.05) is 24.4 Å². The number of allylic oxidation sites excluding steroid dienone is 2. The third kappa shape index (κ3) is 4.55. The third-order valence-corrected chi connectivity index (χ3v) is 7.34. The topological polar surface area (TPSA) is 64.0 Å². The molecule has 1 fully saturated rings. The Kier molecular flexibility index (Phi) is 6.32. The first-order valence-corrected chi connectivity index (χ1v) is 12.0. The molecule has 1 aliphatic heterocycles. The molecule has 0 radical (unpaired) electrons. The van der Waals surface area contributed by atoms with Crippen LogP contribution in [0.2, 0.25) is 0 Å². The molecule has 0 saturated heterocycles. The number of rotatable bonds is 6. The Labute approximate surface area is 202 Å². The lowest BCUT2D eigenvalue weighted by Gasteiger charge is -2.28. The quantitative estimate of drug-likeness (QED) is 0.472. The molecule has 1 aromatic heterocycles. The first kappa shape index (κ1) is 23.1. The second kappa shape index (κ2) is 9.56. The van der Waals surface area contributed by atoms with E-state index in [0.717, 1.165) is 34.5 Å². The minimum atomic E-state index is -0.796. The minimum Gasteiger partial charge on any atom is -0.323 e. The lowest BCUT2D eigenvalue weighted by atomic mass is 9.78. The summed E-state index contributed by atoms with van der Waals surface area (Å²) in [6, 6.07) is 13.1. The van der Waals surface area contributed by atoms with Crippen molar-refractivity contribution in [3.05, 3.63) is 83.9 Å². The van der Waals surface area contributed by atoms with E-state index < -0.39 is 11.6 Å². The number of nitrogens with one attached hydrogen (secondary N) is 1. The van der Waals surface area contributed by atoms with Gasteiger partial charge in [0.25, 0.3) is 0 Å². The number of benzene rings is 2. The van der Waals surface area contributed by atoms with Crippen LogP contribution in [0.4, 0.5) is 14.5 Å². The Bertz CT molecular complexity index is 1290. The minimum absolute atomic E-state index is 0.0254. The zero-order chi connectivity index (χ0) is 24.5. The Morgan fingerprint density at radius 2 is 1.74 bits per heavy atom. The smallest absolute Gasteiger partial charge is 0.227 e. The number of hydrogen-bond donors (Lipinski definition) is 1. The lowest BCUT2D eigenvalue weighted by Crippen LogP contribution is -2.30. The number of halogens is 2. The summed E-state index contributed by atoms with van der Waals surface area (Å²) < 4.78 is 29.1. The third-order valence-electron chi connectivity index (χ3n) is 7.34. The van der Waals surface area contributed by atoms with E-state index in [-0.39, 0.29) is 35.3 Å². The van der Waals surface area contributed by atoms with Gasteiger partial charge >= 0.3 is 0 Å². The number of aromatic nitrogens is 2. The standard InChI is InChI=1S/C28H27F2N3O2/c1-17-25-15-31-16-33(25)24(27(17)19-5-3-2-4-6-19)14-26(34)18-7-9-20(10-8-18)28(35)32-23-12-11-21(29)13-22(23)30/h2-6,11-13,15-16,18,20,24H,7-10,14H2,1H3,(H,32,35)/t18-,20-,24?. The molecule has 7 heteroatoms. The van der Waals surface area contributed by atoms with Gasteiger partial charge in [-0.15, -0.1) is 0 Å². The van der Waals surface area contributed by atoms with Gasteiger partial charge in [-0.25, -0.2) is 13.8 Å². The van der Waals surface area contributed by atoms with Gasteiger partial charge in [-0.2, -0.15) is 0 Å². The predicted octanol–water partition coefficient (Wildman–Crippen LogP) is 6.05. The molecule has 0 bridgehead atoms. The molecule has 2 heterocycles. The highest BCUT2D eigenvalue weighted by atomic mass is 19.1. The number of carbonyl (C=O) groups is 2. The summed E-state index contributed by atoms with van der Waals surface area (Å²) in [4.78, 5) is 30.3. The number of nitrogens with zero attached hydrogens (tertiary/aromatic N) is 2. The Morgan fingerprint density at radius 1 is 1.03 bits per heavy atom. The molecule has 5 nitrogen and oxygen atoms in total. The molecule has 1 amide bonds. The summed E-state index contributed by atoms with van der Waals surface area (Å²) >= 11 is 0. The summed E-state index contributed by atoms with van der Waals surface area (Å²) in [5.74, 6) is -1.98. The maximum absolute atomic E-state index is 13.9. The van der Waals surface area contributed by atoms with E-state index in [2.05, 4.69) is 33.9 Å². The molecule has 2 aliphatic rings. The summed E-state index contributed by atoms with van der Waals surface area (Å²) in [5, 5.41) is 2.56. The van der Waals surface area contributed by atoms with E-state index in [1.165, 1.54) is 6.07 Å². The normalized spacial score (nSPS) is 21.6. The van der Waals surface area contributed by atoms with Gasteiger partial charge in [-0.1, -0.05) is 30.3 Å². The summed E-state index contributed by atoms with van der Waals surface area (Å²) in [5.41, 5.74) is 4.42. The van der Waals surface area contributed by atoms with Gasteiger partial charge in [0.1, 0.15) is 17.4 Å². The van der Waals surface area contributed by atoms with Gasteiger partial charge in [-0.3, -0.25) is 9.59 Å². The van der Waals surface area contributed by atoms with E-state index in [9.17, 15) is 18.4 Å². The first-order chi connectivity index (χ1) is 16.9. The van der Waals surface area contributed by atoms with Crippen LogP contribution < -0.4 is 5.32 Å². The number of fused-ring (bicyclic) bond motifs is 1. The van der Waals surface area contributed by atoms with Crippen LogP contribution in [0, 0.1) is 23.5 Å². The number of Topliss-reactive ketones (excluding diaryl/α,β-unsaturated/α-hetero) is 1. The monoisotopic (exact) mass is 475 g/mol. The van der Waals surface area contributed by atoms with Crippen molar-refractivity contribution in [1.29, 1.82) is 0 Å². The number of ketones is 1. The van der Waals surface area contributed by atoms with Crippen molar-refractivity contribution in [3.63, 3.8) is 0 Å². The molecule has 180 valence electrons. The fourth-order valence-electron chi connectivity index (χ4n) is 5.46. The second-order valence-corrected chi connectivity index (χ2v) is 9.44. The van der Waals surface area contributed by atoms with Crippen LogP contribution in [0.3, 0.4) is 0 Å². The molecular weight excluding hydrogens is 448 g/mol. The van der Waals surface area contributed by atoms with Gasteiger partial charge in [0.05, 0.1) is 29.9 Å². The maximum atomic E-state index is 13.9. The lowest BCUT2D eigenvalue weighted by molar-refractivity contribution is -0.127. The Balaban J connectivity index is 1.23. The first-order valence-electron chi connectivity index (χ1n) is 12.0. The van der Waals surface area contributed by atoms with Crippen LogP contribution >= 0.6 is 0 Å². The Morgan fingerprint density at radius 3 is 2.46 bits per heavy atom. The highest BCUT2D eigenvalue weighted by Crippen LogP contribution is 2.44. The Hall–Kier alpha value is -3.61.